The fourth-order valence-corrected chi connectivity index (χ4v) is 19.1. The van der Waals surface area contributed by atoms with Crippen LogP contribution in [0.1, 0.15) is 68.8 Å². The number of furan rings is 1. The van der Waals surface area contributed by atoms with Crippen LogP contribution in [0.25, 0.3) is 0 Å². The molecule has 0 aliphatic carbocycles. The first-order valence-electron chi connectivity index (χ1n) is 14.2. The first-order valence-corrected chi connectivity index (χ1v) is 20.2. The Balaban J connectivity index is 0.000000369. The van der Waals surface area contributed by atoms with E-state index in [0.717, 1.165) is 12.1 Å². The Morgan fingerprint density at radius 1 is 0.643 bits per heavy atom. The third kappa shape index (κ3) is 9.31. The number of benzene rings is 3. The van der Waals surface area contributed by atoms with Crippen LogP contribution in [0.3, 0.4) is 0 Å². The zero-order valence-electron chi connectivity index (χ0n) is 25.4. The quantitative estimate of drug-likeness (QED) is 0.0914. The van der Waals surface area contributed by atoms with E-state index in [1.165, 1.54) is 30.0 Å². The third-order valence-electron chi connectivity index (χ3n) is 7.71. The summed E-state index contributed by atoms with van der Waals surface area (Å²) in [6.07, 6.45) is 0. The fraction of sp³-hybridized carbons (Fsp3) is 0.343. The number of nitro groups is 1. The molecule has 0 spiro atoms. The molecule has 0 bridgehead atoms. The van der Waals surface area contributed by atoms with Crippen molar-refractivity contribution in [1.29, 1.82) is 0 Å². The summed E-state index contributed by atoms with van der Waals surface area (Å²) < 4.78 is 8.39. The molecule has 0 aliphatic heterocycles. The zero-order chi connectivity index (χ0) is 31.0. The minimum atomic E-state index is -1.84. The summed E-state index contributed by atoms with van der Waals surface area (Å²) in [5.74, 6) is -2.72. The van der Waals surface area contributed by atoms with Crippen molar-refractivity contribution in [3.05, 3.63) is 136 Å². The first kappa shape index (κ1) is 33.1. The Morgan fingerprint density at radius 3 is 1.21 bits per heavy atom. The van der Waals surface area contributed by atoms with Gasteiger partial charge in [-0.25, -0.2) is 0 Å². The molecule has 0 radical (unpaired) electrons. The number of nitrogens with zero attached hydrogens (tertiary/aromatic N) is 1. The number of carbonyl (C=O) groups excluding carboxylic acids is 1. The van der Waals surface area contributed by atoms with Crippen molar-refractivity contribution >= 4 is 31.6 Å². The SMILES string of the molecule is CC(C)([CH2][Sn+]([CH2]C(C)(C)c1ccccc1)[CH2]C(C)(C)c1ccccc1)c1ccccc1.O=C([O-])c1ccc([N+](=O)[O-])o1. The Hall–Kier alpha value is -3.39. The predicted octanol–water partition coefficient (Wildman–Crippen LogP) is 7.97. The normalized spacial score (nSPS) is 11.8. The topological polar surface area (TPSA) is 96.4 Å². The largest absolute Gasteiger partial charge is 0.542 e. The number of carboxylic acids is 1. The molecule has 0 atom stereocenters. The minimum absolute atomic E-state index is 0.232. The van der Waals surface area contributed by atoms with Gasteiger partial charge in [0, 0.05) is 0 Å². The van der Waals surface area contributed by atoms with E-state index < -0.39 is 42.3 Å². The van der Waals surface area contributed by atoms with Crippen molar-refractivity contribution in [2.75, 3.05) is 0 Å². The van der Waals surface area contributed by atoms with E-state index in [1.54, 1.807) is 0 Å². The maximum atomic E-state index is 10.0. The van der Waals surface area contributed by atoms with E-state index in [9.17, 15) is 20.0 Å². The van der Waals surface area contributed by atoms with Gasteiger partial charge in [-0.2, -0.15) is 0 Å². The number of hydrogen-bond donors (Lipinski definition) is 0. The summed E-state index contributed by atoms with van der Waals surface area (Å²) in [6, 6.07) is 35.4. The molecule has 4 rings (SSSR count). The van der Waals surface area contributed by atoms with Gasteiger partial charge < -0.3 is 14.3 Å². The van der Waals surface area contributed by atoms with Crippen LogP contribution in [0.15, 0.2) is 108 Å². The van der Waals surface area contributed by atoms with Gasteiger partial charge in [0.15, 0.2) is 5.76 Å². The molecule has 0 amide bonds. The van der Waals surface area contributed by atoms with Gasteiger partial charge in [0.05, 0.1) is 6.07 Å². The van der Waals surface area contributed by atoms with Crippen LogP contribution >= 0.6 is 0 Å². The number of rotatable bonds is 11. The summed E-state index contributed by atoms with van der Waals surface area (Å²) >= 11 is -1.84. The second-order valence-electron chi connectivity index (χ2n) is 12.7. The van der Waals surface area contributed by atoms with Crippen LogP contribution in [0, 0.1) is 10.1 Å². The second kappa shape index (κ2) is 14.2. The molecule has 0 aliphatic rings. The van der Waals surface area contributed by atoms with Crippen LogP contribution in [0.4, 0.5) is 5.88 Å². The fourth-order valence-electron chi connectivity index (χ4n) is 5.57. The molecule has 7 heteroatoms. The van der Waals surface area contributed by atoms with E-state index >= 15 is 0 Å². The van der Waals surface area contributed by atoms with Crippen molar-refractivity contribution in [2.24, 2.45) is 0 Å². The molecule has 0 N–H and O–H groups in total. The first-order chi connectivity index (χ1) is 19.7. The number of aromatic carboxylic acids is 1. The number of hydrogen-bond acceptors (Lipinski definition) is 5. The van der Waals surface area contributed by atoms with Crippen molar-refractivity contribution in [3.8, 4) is 0 Å². The smallest absolute Gasteiger partial charge is 0.433 e. The molecule has 1 aromatic heterocycles. The van der Waals surface area contributed by atoms with E-state index in [1.807, 2.05) is 0 Å². The monoisotopic (exact) mass is 675 g/mol. The third-order valence-corrected chi connectivity index (χ3v) is 19.6. The van der Waals surface area contributed by atoms with Crippen LogP contribution in [0.5, 0.6) is 0 Å². The maximum Gasteiger partial charge on any atom is 0.433 e. The van der Waals surface area contributed by atoms with Gasteiger partial charge in [-0.3, -0.25) is 10.1 Å². The standard InChI is InChI=1S/3C10H13.C5H3NO5.Sn/c3*1-10(2,3)9-7-5-4-6-8-9;7-5(8)3-1-2-4(11-3)6(9)10;/h3*4-8H,1H2,2-3H3;1-2H,(H,7,8);/q;;;;+1/p-1. The predicted molar refractivity (Wildman–Crippen MR) is 168 cm³/mol. The van der Waals surface area contributed by atoms with Crippen LogP contribution < -0.4 is 5.11 Å². The molecule has 0 unspecified atom stereocenters. The van der Waals surface area contributed by atoms with Crippen molar-refractivity contribution in [3.63, 3.8) is 0 Å². The summed E-state index contributed by atoms with van der Waals surface area (Å²) in [7, 11) is 0. The molecule has 0 saturated carbocycles. The molecular formula is C35H41NO5Sn. The minimum Gasteiger partial charge on any atom is -0.542 e. The Kier molecular flexibility index (Phi) is 11.2. The van der Waals surface area contributed by atoms with Crippen LogP contribution in [-0.2, 0) is 16.2 Å². The van der Waals surface area contributed by atoms with Crippen LogP contribution in [0.2, 0.25) is 13.3 Å². The Labute approximate surface area is 256 Å². The molecule has 0 saturated heterocycles. The molecule has 6 nitrogen and oxygen atoms in total. The average Bonchev–Trinajstić information content (AvgIpc) is 3.46. The van der Waals surface area contributed by atoms with Crippen molar-refractivity contribution < 1.29 is 19.2 Å². The van der Waals surface area contributed by atoms with Crippen molar-refractivity contribution in [1.82, 2.24) is 0 Å². The second-order valence-corrected chi connectivity index (χ2v) is 20.0. The Bertz CT molecular complexity index is 1270. The van der Waals surface area contributed by atoms with Gasteiger partial charge >= 0.3 is 204 Å². The number of carbonyl (C=O) groups is 1. The van der Waals surface area contributed by atoms with E-state index in [2.05, 4.69) is 137 Å². The Morgan fingerprint density at radius 2 is 0.976 bits per heavy atom. The van der Waals surface area contributed by atoms with Gasteiger partial charge in [0.1, 0.15) is 10.9 Å². The molecule has 220 valence electrons. The summed E-state index contributed by atoms with van der Waals surface area (Å²) in [6.45, 7) is 14.8. The average molecular weight is 674 g/mol. The van der Waals surface area contributed by atoms with Crippen molar-refractivity contribution in [2.45, 2.75) is 71.1 Å². The van der Waals surface area contributed by atoms with E-state index in [4.69, 9.17) is 0 Å². The molecule has 42 heavy (non-hydrogen) atoms. The van der Waals surface area contributed by atoms with E-state index in [0.29, 0.717) is 0 Å². The van der Waals surface area contributed by atoms with Gasteiger partial charge in [0.25, 0.3) is 0 Å². The van der Waals surface area contributed by atoms with E-state index in [-0.39, 0.29) is 16.2 Å². The summed E-state index contributed by atoms with van der Waals surface area (Å²) in [5.41, 5.74) is 5.16. The maximum absolute atomic E-state index is 10.0. The van der Waals surface area contributed by atoms with Gasteiger partial charge in [0.2, 0.25) is 0 Å². The molecule has 3 aromatic carbocycles. The van der Waals surface area contributed by atoms with Gasteiger partial charge in [-0.15, -0.1) is 0 Å². The number of carboxylic acid groups (broad SMARTS) is 1. The zero-order valence-corrected chi connectivity index (χ0v) is 28.3. The molecule has 4 aromatic rings. The summed E-state index contributed by atoms with van der Waals surface area (Å²) in [5, 5.41) is 19.9. The summed E-state index contributed by atoms with van der Waals surface area (Å²) in [4.78, 5) is 19.1. The molecule has 0 fully saturated rings. The molecule has 1 heterocycles. The molecular weight excluding hydrogens is 633 g/mol. The van der Waals surface area contributed by atoms with Crippen LogP contribution in [-0.4, -0.2) is 30.7 Å². The van der Waals surface area contributed by atoms with Gasteiger partial charge in [-0.1, -0.05) is 0 Å². The van der Waals surface area contributed by atoms with Gasteiger partial charge in [-0.05, 0) is 6.07 Å².